The monoisotopic (exact) mass is 242 g/mol. The van der Waals surface area contributed by atoms with Crippen LogP contribution >= 0.6 is 11.6 Å². The van der Waals surface area contributed by atoms with Crippen LogP contribution in [-0.4, -0.2) is 35.3 Å². The molecule has 86 valence electrons. The van der Waals surface area contributed by atoms with Crippen LogP contribution in [-0.2, 0) is 0 Å². The first-order valence-electron chi connectivity index (χ1n) is 4.92. The number of aromatic carboxylic acids is 1. The minimum Gasteiger partial charge on any atom is -0.490 e. The van der Waals surface area contributed by atoms with Gasteiger partial charge < -0.3 is 15.2 Å². The second kappa shape index (κ2) is 4.67. The number of halogens is 1. The van der Waals surface area contributed by atoms with Crippen LogP contribution in [0.2, 0.25) is 5.15 Å². The number of carboxylic acids is 1. The predicted molar refractivity (Wildman–Crippen MR) is 58.1 cm³/mol. The Morgan fingerprint density at radius 1 is 1.75 bits per heavy atom. The number of nitrogens with one attached hydrogen (secondary N) is 1. The Morgan fingerprint density at radius 3 is 3.06 bits per heavy atom. The Morgan fingerprint density at radius 2 is 2.50 bits per heavy atom. The topological polar surface area (TPSA) is 71.5 Å². The number of hydrogen-bond donors (Lipinski definition) is 2. The van der Waals surface area contributed by atoms with Crippen molar-refractivity contribution >= 4 is 17.6 Å². The molecule has 1 saturated heterocycles. The van der Waals surface area contributed by atoms with E-state index in [4.69, 9.17) is 21.4 Å². The van der Waals surface area contributed by atoms with E-state index in [9.17, 15) is 4.79 Å². The second-order valence-electron chi connectivity index (χ2n) is 3.57. The third-order valence-corrected chi connectivity index (χ3v) is 2.72. The zero-order chi connectivity index (χ0) is 11.5. The molecule has 2 N–H and O–H groups in total. The van der Waals surface area contributed by atoms with Gasteiger partial charge in [-0.3, -0.25) is 0 Å². The number of hydrogen-bond acceptors (Lipinski definition) is 4. The predicted octanol–water partition coefficient (Wildman–Crippen LogP) is 1.17. The van der Waals surface area contributed by atoms with Crippen molar-refractivity contribution in [2.24, 2.45) is 0 Å². The van der Waals surface area contributed by atoms with Crippen LogP contribution in [0.1, 0.15) is 16.8 Å². The first-order chi connectivity index (χ1) is 7.66. The molecule has 1 unspecified atom stereocenters. The van der Waals surface area contributed by atoms with Gasteiger partial charge in [-0.1, -0.05) is 11.6 Å². The van der Waals surface area contributed by atoms with Crippen molar-refractivity contribution in [2.75, 3.05) is 13.2 Å². The van der Waals surface area contributed by atoms with Crippen molar-refractivity contribution < 1.29 is 14.6 Å². The molecule has 1 aliphatic rings. The minimum atomic E-state index is -1.11. The van der Waals surface area contributed by atoms with Crippen molar-refractivity contribution in [3.8, 4) is 5.75 Å². The zero-order valence-corrected chi connectivity index (χ0v) is 9.20. The summed E-state index contributed by atoms with van der Waals surface area (Å²) in [7, 11) is 0. The molecule has 1 atom stereocenters. The molecule has 1 aromatic heterocycles. The highest BCUT2D eigenvalue weighted by atomic mass is 35.5. The third-order valence-electron chi connectivity index (χ3n) is 2.42. The highest BCUT2D eigenvalue weighted by Crippen LogP contribution is 2.19. The van der Waals surface area contributed by atoms with Gasteiger partial charge in [-0.25, -0.2) is 9.78 Å². The van der Waals surface area contributed by atoms with E-state index in [1.165, 1.54) is 12.3 Å². The van der Waals surface area contributed by atoms with Crippen LogP contribution in [0.25, 0.3) is 0 Å². The van der Waals surface area contributed by atoms with E-state index >= 15 is 0 Å². The summed E-state index contributed by atoms with van der Waals surface area (Å²) in [6, 6.07) is 1.74. The summed E-state index contributed by atoms with van der Waals surface area (Å²) in [4.78, 5) is 14.5. The SMILES string of the molecule is O=C(O)c1cc(OCC2CCN2)cnc1Cl. The van der Waals surface area contributed by atoms with Crippen molar-refractivity contribution in [3.63, 3.8) is 0 Å². The summed E-state index contributed by atoms with van der Waals surface area (Å²) in [6.45, 7) is 1.52. The van der Waals surface area contributed by atoms with Crippen LogP contribution < -0.4 is 10.1 Å². The molecule has 5 nitrogen and oxygen atoms in total. The van der Waals surface area contributed by atoms with E-state index in [1.54, 1.807) is 0 Å². The molecular formula is C10H11ClN2O3. The first kappa shape index (κ1) is 11.2. The molecule has 16 heavy (non-hydrogen) atoms. The van der Waals surface area contributed by atoms with Crippen molar-refractivity contribution in [1.29, 1.82) is 0 Å². The molecule has 1 fully saturated rings. The van der Waals surface area contributed by atoms with E-state index < -0.39 is 5.97 Å². The molecule has 2 heterocycles. The van der Waals surface area contributed by atoms with E-state index in [-0.39, 0.29) is 10.7 Å². The third kappa shape index (κ3) is 2.43. The van der Waals surface area contributed by atoms with Crippen LogP contribution in [0.5, 0.6) is 5.75 Å². The summed E-state index contributed by atoms with van der Waals surface area (Å²) < 4.78 is 5.41. The number of carbonyl (C=O) groups is 1. The number of rotatable bonds is 4. The minimum absolute atomic E-state index is 0.0263. The molecule has 0 radical (unpaired) electrons. The Hall–Kier alpha value is -1.33. The zero-order valence-electron chi connectivity index (χ0n) is 8.44. The maximum Gasteiger partial charge on any atom is 0.338 e. The standard InChI is InChI=1S/C10H11ClN2O3/c11-9-8(10(14)15)3-7(4-13-9)16-5-6-1-2-12-6/h3-4,6,12H,1-2,5H2,(H,14,15). The van der Waals surface area contributed by atoms with Gasteiger partial charge >= 0.3 is 5.97 Å². The lowest BCUT2D eigenvalue weighted by molar-refractivity contribution is 0.0696. The Balaban J connectivity index is 2.03. The highest BCUT2D eigenvalue weighted by Gasteiger charge is 2.17. The fourth-order valence-corrected chi connectivity index (χ4v) is 1.53. The lowest BCUT2D eigenvalue weighted by Crippen LogP contribution is -2.46. The highest BCUT2D eigenvalue weighted by molar-refractivity contribution is 6.32. The smallest absolute Gasteiger partial charge is 0.338 e. The lowest BCUT2D eigenvalue weighted by atomic mass is 10.1. The van der Waals surface area contributed by atoms with Crippen molar-refractivity contribution in [2.45, 2.75) is 12.5 Å². The van der Waals surface area contributed by atoms with Crippen LogP contribution in [0.15, 0.2) is 12.3 Å². The molecular weight excluding hydrogens is 232 g/mol. The van der Waals surface area contributed by atoms with Crippen molar-refractivity contribution in [3.05, 3.63) is 23.0 Å². The Bertz CT molecular complexity index is 407. The van der Waals surface area contributed by atoms with Gasteiger partial charge in [-0.15, -0.1) is 0 Å². The molecule has 0 aliphatic carbocycles. The number of carboxylic acid groups (broad SMARTS) is 1. The van der Waals surface area contributed by atoms with Gasteiger partial charge in [-0.05, 0) is 19.0 Å². The molecule has 0 aromatic carbocycles. The van der Waals surface area contributed by atoms with Gasteiger partial charge in [-0.2, -0.15) is 0 Å². The molecule has 1 aliphatic heterocycles. The molecule has 0 amide bonds. The van der Waals surface area contributed by atoms with Gasteiger partial charge in [0.25, 0.3) is 0 Å². The normalized spacial score (nSPS) is 18.9. The number of nitrogens with zero attached hydrogens (tertiary/aromatic N) is 1. The number of aromatic nitrogens is 1. The number of ether oxygens (including phenoxy) is 1. The van der Waals surface area contributed by atoms with Gasteiger partial charge in [0.15, 0.2) is 0 Å². The molecule has 1 aromatic rings. The van der Waals surface area contributed by atoms with E-state index in [2.05, 4.69) is 10.3 Å². The largest absolute Gasteiger partial charge is 0.490 e. The average molecular weight is 243 g/mol. The summed E-state index contributed by atoms with van der Waals surface area (Å²) in [5.41, 5.74) is -0.0410. The summed E-state index contributed by atoms with van der Waals surface area (Å²) in [5, 5.41) is 12.0. The van der Waals surface area contributed by atoms with Gasteiger partial charge in [0.2, 0.25) is 0 Å². The van der Waals surface area contributed by atoms with E-state index in [0.717, 1.165) is 13.0 Å². The van der Waals surface area contributed by atoms with E-state index in [1.807, 2.05) is 0 Å². The lowest BCUT2D eigenvalue weighted by Gasteiger charge is -2.27. The quantitative estimate of drug-likeness (QED) is 0.776. The van der Waals surface area contributed by atoms with Gasteiger partial charge in [0, 0.05) is 6.04 Å². The van der Waals surface area contributed by atoms with Gasteiger partial charge in [0.1, 0.15) is 23.1 Å². The summed E-state index contributed by atoms with van der Waals surface area (Å²) >= 11 is 5.63. The molecule has 0 bridgehead atoms. The maximum absolute atomic E-state index is 10.8. The molecule has 0 spiro atoms. The summed E-state index contributed by atoms with van der Waals surface area (Å²) in [6.07, 6.45) is 2.50. The van der Waals surface area contributed by atoms with Crippen LogP contribution in [0.3, 0.4) is 0 Å². The molecule has 2 rings (SSSR count). The Kier molecular flexibility index (Phi) is 3.26. The maximum atomic E-state index is 10.8. The fourth-order valence-electron chi connectivity index (χ4n) is 1.35. The van der Waals surface area contributed by atoms with E-state index in [0.29, 0.717) is 18.4 Å². The van der Waals surface area contributed by atoms with Crippen LogP contribution in [0.4, 0.5) is 0 Å². The van der Waals surface area contributed by atoms with Crippen LogP contribution in [0, 0.1) is 0 Å². The Labute approximate surface area is 97.4 Å². The summed E-state index contributed by atoms with van der Waals surface area (Å²) in [5.74, 6) is -0.680. The number of pyridine rings is 1. The van der Waals surface area contributed by atoms with Gasteiger partial charge in [0.05, 0.1) is 6.20 Å². The second-order valence-corrected chi connectivity index (χ2v) is 3.92. The first-order valence-corrected chi connectivity index (χ1v) is 5.29. The molecule has 0 saturated carbocycles. The molecule has 6 heteroatoms. The average Bonchev–Trinajstić information content (AvgIpc) is 2.17. The fraction of sp³-hybridized carbons (Fsp3) is 0.400. The van der Waals surface area contributed by atoms with Crippen molar-refractivity contribution in [1.82, 2.24) is 10.3 Å².